The molecule has 138 valence electrons. The minimum Gasteiger partial charge on any atom is -0.485 e. The Hall–Kier alpha value is -1.37. The van der Waals surface area contributed by atoms with E-state index in [1.165, 1.54) is 12.8 Å². The van der Waals surface area contributed by atoms with Gasteiger partial charge in [-0.05, 0) is 45.2 Å². The van der Waals surface area contributed by atoms with Gasteiger partial charge in [-0.15, -0.1) is 0 Å². The first-order valence-corrected chi connectivity index (χ1v) is 9.50. The van der Waals surface area contributed by atoms with Gasteiger partial charge in [-0.1, -0.05) is 0 Å². The molecule has 3 saturated heterocycles. The van der Waals surface area contributed by atoms with Crippen molar-refractivity contribution in [2.45, 2.75) is 51.1 Å². The summed E-state index contributed by atoms with van der Waals surface area (Å²) in [6.07, 6.45) is 5.78. The minimum absolute atomic E-state index is 0.160. The van der Waals surface area contributed by atoms with Crippen molar-refractivity contribution in [1.82, 2.24) is 9.88 Å². The van der Waals surface area contributed by atoms with Gasteiger partial charge in [-0.2, -0.15) is 0 Å². The predicted octanol–water partition coefficient (Wildman–Crippen LogP) is 2.29. The highest BCUT2D eigenvalue weighted by atomic mass is 16.7. The van der Waals surface area contributed by atoms with Gasteiger partial charge in [0.2, 0.25) is 0 Å². The van der Waals surface area contributed by atoms with Gasteiger partial charge in [0.05, 0.1) is 12.7 Å². The van der Waals surface area contributed by atoms with Crippen molar-refractivity contribution in [3.63, 3.8) is 0 Å². The smallest absolute Gasteiger partial charge is 0.171 e. The lowest BCUT2D eigenvalue weighted by molar-refractivity contribution is -0.140. The van der Waals surface area contributed by atoms with Crippen molar-refractivity contribution < 1.29 is 14.2 Å². The molecule has 0 N–H and O–H groups in total. The minimum atomic E-state index is -0.444. The zero-order chi connectivity index (χ0) is 17.3. The molecular weight excluding hydrogens is 318 g/mol. The molecule has 6 nitrogen and oxygen atoms in total. The van der Waals surface area contributed by atoms with Gasteiger partial charge in [-0.25, -0.2) is 4.98 Å². The van der Waals surface area contributed by atoms with Crippen LogP contribution >= 0.6 is 0 Å². The maximum absolute atomic E-state index is 6.34. The number of hydrogen-bond donors (Lipinski definition) is 0. The summed E-state index contributed by atoms with van der Waals surface area (Å²) in [4.78, 5) is 9.34. The van der Waals surface area contributed by atoms with Crippen LogP contribution in [-0.2, 0) is 9.47 Å². The molecule has 25 heavy (non-hydrogen) atoms. The first-order valence-electron chi connectivity index (χ1n) is 9.50. The number of likely N-dealkylation sites (tertiary alicyclic amines) is 1. The van der Waals surface area contributed by atoms with E-state index < -0.39 is 5.79 Å². The van der Waals surface area contributed by atoms with Crippen LogP contribution < -0.4 is 9.64 Å². The molecule has 1 aromatic heterocycles. The first-order chi connectivity index (χ1) is 12.1. The number of aromatic nitrogens is 1. The zero-order valence-corrected chi connectivity index (χ0v) is 15.3. The number of hydrogen-bond acceptors (Lipinski definition) is 6. The van der Waals surface area contributed by atoms with Gasteiger partial charge in [0.15, 0.2) is 17.4 Å². The summed E-state index contributed by atoms with van der Waals surface area (Å²) in [6, 6.07) is 4.02. The Kier molecular flexibility index (Phi) is 4.84. The van der Waals surface area contributed by atoms with E-state index >= 15 is 0 Å². The number of ether oxygens (including phenoxy) is 3. The monoisotopic (exact) mass is 347 g/mol. The van der Waals surface area contributed by atoms with Crippen molar-refractivity contribution in [3.8, 4) is 5.75 Å². The highest BCUT2D eigenvalue weighted by molar-refractivity contribution is 5.52. The van der Waals surface area contributed by atoms with Gasteiger partial charge in [0, 0.05) is 38.9 Å². The molecular formula is C19H29N3O3. The van der Waals surface area contributed by atoms with E-state index in [2.05, 4.69) is 20.9 Å². The van der Waals surface area contributed by atoms with Crippen molar-refractivity contribution >= 4 is 5.82 Å². The van der Waals surface area contributed by atoms with Gasteiger partial charge in [0.25, 0.3) is 0 Å². The van der Waals surface area contributed by atoms with Crippen LogP contribution in [0.5, 0.6) is 5.75 Å². The zero-order valence-electron chi connectivity index (χ0n) is 15.3. The van der Waals surface area contributed by atoms with E-state index in [0.717, 1.165) is 50.7 Å². The van der Waals surface area contributed by atoms with Crippen molar-refractivity contribution in [3.05, 3.63) is 18.3 Å². The molecule has 0 saturated carbocycles. The Morgan fingerprint density at radius 3 is 2.88 bits per heavy atom. The predicted molar refractivity (Wildman–Crippen MR) is 96.1 cm³/mol. The molecule has 0 unspecified atom stereocenters. The van der Waals surface area contributed by atoms with Crippen molar-refractivity contribution in [2.75, 3.05) is 44.2 Å². The van der Waals surface area contributed by atoms with Gasteiger partial charge < -0.3 is 19.1 Å². The molecule has 0 aromatic carbocycles. The summed E-state index contributed by atoms with van der Waals surface area (Å²) in [7, 11) is 0. The summed E-state index contributed by atoms with van der Waals surface area (Å²) in [5, 5.41) is 0. The Morgan fingerprint density at radius 2 is 2.12 bits per heavy atom. The van der Waals surface area contributed by atoms with Crippen LogP contribution in [0.15, 0.2) is 18.3 Å². The Bertz CT molecular complexity index is 589. The third kappa shape index (κ3) is 4.07. The second-order valence-electron chi connectivity index (χ2n) is 7.76. The molecule has 0 amide bonds. The third-order valence-corrected chi connectivity index (χ3v) is 5.21. The molecule has 3 fully saturated rings. The topological polar surface area (TPSA) is 47.1 Å². The largest absolute Gasteiger partial charge is 0.485 e. The lowest BCUT2D eigenvalue weighted by Crippen LogP contribution is -2.34. The summed E-state index contributed by atoms with van der Waals surface area (Å²) in [6.45, 7) is 9.69. The average molecular weight is 347 g/mol. The summed E-state index contributed by atoms with van der Waals surface area (Å²) < 4.78 is 17.9. The van der Waals surface area contributed by atoms with E-state index in [0.29, 0.717) is 6.61 Å². The van der Waals surface area contributed by atoms with Crippen LogP contribution in [-0.4, -0.2) is 67.2 Å². The van der Waals surface area contributed by atoms with Crippen LogP contribution in [0.25, 0.3) is 0 Å². The number of nitrogens with zero attached hydrogens (tertiary/aromatic N) is 3. The standard InChI is InChI=1S/C19H29N3O3/c1-19(2)23-14-16(25-19)13-21-11-7-15(12-21)24-17-6-5-8-20-18(17)22-9-3-4-10-22/h5-6,8,15-16H,3-4,7,9-14H2,1-2H3/t15-,16+/m0/s1. The second kappa shape index (κ2) is 7.09. The fraction of sp³-hybridized carbons (Fsp3) is 0.737. The average Bonchev–Trinajstić information content (AvgIpc) is 3.31. The van der Waals surface area contributed by atoms with E-state index in [4.69, 9.17) is 14.2 Å². The highest BCUT2D eigenvalue weighted by Crippen LogP contribution is 2.31. The molecule has 1 aromatic rings. The maximum Gasteiger partial charge on any atom is 0.171 e. The van der Waals surface area contributed by atoms with Gasteiger partial charge in [0.1, 0.15) is 6.10 Å². The summed E-state index contributed by atoms with van der Waals surface area (Å²) in [5.74, 6) is 1.49. The first kappa shape index (κ1) is 17.1. The summed E-state index contributed by atoms with van der Waals surface area (Å²) in [5.41, 5.74) is 0. The second-order valence-corrected chi connectivity index (χ2v) is 7.76. The number of pyridine rings is 1. The van der Waals surface area contributed by atoms with Gasteiger partial charge in [-0.3, -0.25) is 4.90 Å². The fourth-order valence-electron chi connectivity index (χ4n) is 4.02. The molecule has 2 atom stereocenters. The van der Waals surface area contributed by atoms with Crippen molar-refractivity contribution in [2.24, 2.45) is 0 Å². The molecule has 6 heteroatoms. The molecule has 0 radical (unpaired) electrons. The van der Waals surface area contributed by atoms with Gasteiger partial charge >= 0.3 is 0 Å². The Balaban J connectivity index is 1.32. The fourth-order valence-corrected chi connectivity index (χ4v) is 4.02. The Morgan fingerprint density at radius 1 is 1.28 bits per heavy atom. The normalized spacial score (nSPS) is 29.4. The molecule has 0 bridgehead atoms. The lowest BCUT2D eigenvalue weighted by Gasteiger charge is -2.23. The number of anilines is 1. The quantitative estimate of drug-likeness (QED) is 0.814. The van der Waals surface area contributed by atoms with Crippen LogP contribution in [0.2, 0.25) is 0 Å². The molecule has 3 aliphatic rings. The van der Waals surface area contributed by atoms with Crippen LogP contribution in [0.4, 0.5) is 5.82 Å². The van der Waals surface area contributed by atoms with Crippen LogP contribution in [0, 0.1) is 0 Å². The molecule has 0 aliphatic carbocycles. The SMILES string of the molecule is CC1(C)OC[C@@H](CN2CC[C@H](Oc3cccnc3N3CCCC3)C2)O1. The molecule has 4 rings (SSSR count). The van der Waals surface area contributed by atoms with E-state index in [1.807, 2.05) is 26.1 Å². The van der Waals surface area contributed by atoms with Crippen LogP contribution in [0.1, 0.15) is 33.1 Å². The van der Waals surface area contributed by atoms with E-state index in [9.17, 15) is 0 Å². The maximum atomic E-state index is 6.34. The van der Waals surface area contributed by atoms with E-state index in [-0.39, 0.29) is 12.2 Å². The lowest BCUT2D eigenvalue weighted by atomic mass is 10.3. The number of rotatable bonds is 5. The molecule has 0 spiro atoms. The highest BCUT2D eigenvalue weighted by Gasteiger charge is 2.35. The summed E-state index contributed by atoms with van der Waals surface area (Å²) >= 11 is 0. The Labute approximate surface area is 150 Å². The van der Waals surface area contributed by atoms with Crippen LogP contribution in [0.3, 0.4) is 0 Å². The third-order valence-electron chi connectivity index (χ3n) is 5.21. The van der Waals surface area contributed by atoms with E-state index in [1.54, 1.807) is 0 Å². The molecule has 4 heterocycles. The van der Waals surface area contributed by atoms with Crippen molar-refractivity contribution in [1.29, 1.82) is 0 Å². The molecule has 3 aliphatic heterocycles.